The average Bonchev–Trinajstić information content (AvgIpc) is 3.14. The monoisotopic (exact) mass is 547 g/mol. The van der Waals surface area contributed by atoms with Crippen LogP contribution in [0.4, 0.5) is 0 Å². The van der Waals surface area contributed by atoms with Crippen molar-refractivity contribution in [2.45, 2.75) is 26.9 Å². The Labute approximate surface area is 201 Å². The SMILES string of the molecule is CCNC(=NCc1cccc(OCCN(C)CCOC)c1)NCc1ncc(C)s1.I. The van der Waals surface area contributed by atoms with Crippen molar-refractivity contribution >= 4 is 41.3 Å². The number of aryl methyl sites for hydroxylation is 1. The Hall–Kier alpha value is -1.43. The van der Waals surface area contributed by atoms with Gasteiger partial charge < -0.3 is 25.0 Å². The van der Waals surface area contributed by atoms with Crippen LogP contribution in [0, 0.1) is 6.92 Å². The maximum atomic E-state index is 5.89. The first-order valence-corrected chi connectivity index (χ1v) is 10.7. The average molecular weight is 548 g/mol. The number of aromatic nitrogens is 1. The van der Waals surface area contributed by atoms with Crippen molar-refractivity contribution < 1.29 is 9.47 Å². The molecule has 1 aromatic heterocycles. The molecule has 0 bridgehead atoms. The van der Waals surface area contributed by atoms with Gasteiger partial charge in [-0.15, -0.1) is 35.3 Å². The van der Waals surface area contributed by atoms with Gasteiger partial charge in [-0.2, -0.15) is 0 Å². The quantitative estimate of drug-likeness (QED) is 0.242. The second-order valence-corrected chi connectivity index (χ2v) is 8.02. The molecule has 0 amide bonds. The number of hydrogen-bond acceptors (Lipinski definition) is 6. The minimum atomic E-state index is 0. The van der Waals surface area contributed by atoms with Crippen LogP contribution in [0.25, 0.3) is 0 Å². The van der Waals surface area contributed by atoms with Gasteiger partial charge in [0.15, 0.2) is 5.96 Å². The molecule has 0 saturated heterocycles. The molecule has 168 valence electrons. The fourth-order valence-corrected chi connectivity index (χ4v) is 3.29. The number of rotatable bonds is 12. The van der Waals surface area contributed by atoms with E-state index in [-0.39, 0.29) is 24.0 Å². The van der Waals surface area contributed by atoms with Crippen molar-refractivity contribution in [3.8, 4) is 5.75 Å². The molecule has 30 heavy (non-hydrogen) atoms. The van der Waals surface area contributed by atoms with Gasteiger partial charge in [-0.05, 0) is 38.6 Å². The Morgan fingerprint density at radius 1 is 1.23 bits per heavy atom. The van der Waals surface area contributed by atoms with Crippen molar-refractivity contribution in [3.63, 3.8) is 0 Å². The van der Waals surface area contributed by atoms with Crippen molar-refractivity contribution in [2.75, 3.05) is 47.0 Å². The lowest BCUT2D eigenvalue weighted by Gasteiger charge is -2.16. The number of nitrogens with one attached hydrogen (secondary N) is 2. The van der Waals surface area contributed by atoms with Crippen molar-refractivity contribution in [2.24, 2.45) is 4.99 Å². The van der Waals surface area contributed by atoms with E-state index in [0.29, 0.717) is 19.7 Å². The molecule has 9 heteroatoms. The van der Waals surface area contributed by atoms with Crippen LogP contribution in [0.1, 0.15) is 22.4 Å². The molecule has 0 aliphatic carbocycles. The van der Waals surface area contributed by atoms with Crippen LogP contribution in [0.5, 0.6) is 5.75 Å². The lowest BCUT2D eigenvalue weighted by atomic mass is 10.2. The summed E-state index contributed by atoms with van der Waals surface area (Å²) in [7, 11) is 3.78. The summed E-state index contributed by atoms with van der Waals surface area (Å²) in [6, 6.07) is 8.10. The summed E-state index contributed by atoms with van der Waals surface area (Å²) in [6.07, 6.45) is 1.90. The first kappa shape index (κ1) is 26.6. The second-order valence-electron chi connectivity index (χ2n) is 6.71. The van der Waals surface area contributed by atoms with Crippen LogP contribution in [0.15, 0.2) is 35.5 Å². The molecule has 0 unspecified atom stereocenters. The molecule has 0 spiro atoms. The molecular weight excluding hydrogens is 513 g/mol. The van der Waals surface area contributed by atoms with Gasteiger partial charge in [0.25, 0.3) is 0 Å². The van der Waals surface area contributed by atoms with Gasteiger partial charge >= 0.3 is 0 Å². The van der Waals surface area contributed by atoms with E-state index in [1.54, 1.807) is 18.4 Å². The van der Waals surface area contributed by atoms with E-state index in [9.17, 15) is 0 Å². The predicted molar refractivity (Wildman–Crippen MR) is 135 cm³/mol. The minimum absolute atomic E-state index is 0. The first-order valence-electron chi connectivity index (χ1n) is 9.93. The summed E-state index contributed by atoms with van der Waals surface area (Å²) in [5, 5.41) is 7.67. The zero-order chi connectivity index (χ0) is 20.9. The van der Waals surface area contributed by atoms with Crippen LogP contribution in [0.2, 0.25) is 0 Å². The van der Waals surface area contributed by atoms with Crippen LogP contribution in [-0.2, 0) is 17.8 Å². The lowest BCUT2D eigenvalue weighted by molar-refractivity contribution is 0.150. The van der Waals surface area contributed by atoms with E-state index in [4.69, 9.17) is 9.47 Å². The lowest BCUT2D eigenvalue weighted by Crippen LogP contribution is -2.36. The number of ether oxygens (including phenoxy) is 2. The van der Waals surface area contributed by atoms with Gasteiger partial charge in [-0.1, -0.05) is 12.1 Å². The molecule has 0 aliphatic heterocycles. The smallest absolute Gasteiger partial charge is 0.191 e. The van der Waals surface area contributed by atoms with Gasteiger partial charge in [0.2, 0.25) is 0 Å². The number of nitrogens with zero attached hydrogens (tertiary/aromatic N) is 3. The second kappa shape index (κ2) is 15.4. The van der Waals surface area contributed by atoms with Crippen LogP contribution < -0.4 is 15.4 Å². The first-order chi connectivity index (χ1) is 14.1. The Balaban J connectivity index is 0.00000450. The van der Waals surface area contributed by atoms with Crippen LogP contribution >= 0.6 is 35.3 Å². The number of hydrogen-bond donors (Lipinski definition) is 2. The molecule has 0 atom stereocenters. The van der Waals surface area contributed by atoms with Crippen molar-refractivity contribution in [3.05, 3.63) is 45.9 Å². The zero-order valence-corrected chi connectivity index (χ0v) is 21.5. The summed E-state index contributed by atoms with van der Waals surface area (Å²) < 4.78 is 11.0. The number of thiazole rings is 1. The number of halogens is 1. The summed E-state index contributed by atoms with van der Waals surface area (Å²) in [5.41, 5.74) is 1.11. The standard InChI is InChI=1S/C21H33N5O2S.HI/c1-5-22-21(25-16-20-23-14-17(2)29-20)24-15-18-7-6-8-19(13-18)28-12-10-26(3)9-11-27-4;/h6-8,13-14H,5,9-12,15-16H2,1-4H3,(H2,22,24,25);1H. The molecule has 0 fully saturated rings. The van der Waals surface area contributed by atoms with Crippen LogP contribution in [0.3, 0.4) is 0 Å². The molecule has 7 nitrogen and oxygen atoms in total. The van der Waals surface area contributed by atoms with Gasteiger partial charge in [0, 0.05) is 37.8 Å². The van der Waals surface area contributed by atoms with Crippen LogP contribution in [-0.4, -0.2) is 62.8 Å². The van der Waals surface area contributed by atoms with Gasteiger partial charge in [0.05, 0.1) is 19.7 Å². The minimum Gasteiger partial charge on any atom is -0.492 e. The molecule has 2 aromatic rings. The zero-order valence-electron chi connectivity index (χ0n) is 18.3. The number of likely N-dealkylation sites (N-methyl/N-ethyl adjacent to an activating group) is 1. The van der Waals surface area contributed by atoms with Crippen molar-refractivity contribution in [1.82, 2.24) is 20.5 Å². The topological polar surface area (TPSA) is 71.0 Å². The Morgan fingerprint density at radius 2 is 2.03 bits per heavy atom. The van der Waals surface area contributed by atoms with Crippen molar-refractivity contribution in [1.29, 1.82) is 0 Å². The largest absolute Gasteiger partial charge is 0.492 e. The Morgan fingerprint density at radius 3 is 2.73 bits per heavy atom. The molecule has 0 aliphatic rings. The summed E-state index contributed by atoms with van der Waals surface area (Å²) in [4.78, 5) is 12.5. The van der Waals surface area contributed by atoms with E-state index in [0.717, 1.165) is 48.5 Å². The van der Waals surface area contributed by atoms with E-state index < -0.39 is 0 Å². The number of aliphatic imine (C=N–C) groups is 1. The molecular formula is C21H34IN5O2S. The normalized spacial score (nSPS) is 11.3. The highest BCUT2D eigenvalue weighted by Crippen LogP contribution is 2.14. The summed E-state index contributed by atoms with van der Waals surface area (Å²) in [5.74, 6) is 1.65. The summed E-state index contributed by atoms with van der Waals surface area (Å²) >= 11 is 1.69. The molecule has 1 aromatic carbocycles. The number of benzene rings is 1. The molecule has 0 radical (unpaired) electrons. The van der Waals surface area contributed by atoms with E-state index in [1.165, 1.54) is 4.88 Å². The molecule has 2 N–H and O–H groups in total. The van der Waals surface area contributed by atoms with E-state index >= 15 is 0 Å². The number of methoxy groups -OCH3 is 1. The molecule has 0 saturated carbocycles. The fourth-order valence-electron chi connectivity index (χ4n) is 2.57. The molecule has 1 heterocycles. The predicted octanol–water partition coefficient (Wildman–Crippen LogP) is 3.28. The highest BCUT2D eigenvalue weighted by Gasteiger charge is 2.03. The van der Waals surface area contributed by atoms with Gasteiger partial charge in [-0.3, -0.25) is 0 Å². The maximum absolute atomic E-state index is 5.89. The Bertz CT molecular complexity index is 757. The van der Waals surface area contributed by atoms with E-state index in [1.807, 2.05) is 24.4 Å². The molecule has 2 rings (SSSR count). The third kappa shape index (κ3) is 10.6. The highest BCUT2D eigenvalue weighted by molar-refractivity contribution is 14.0. The Kier molecular flexibility index (Phi) is 13.6. The van der Waals surface area contributed by atoms with Gasteiger partial charge in [-0.25, -0.2) is 9.98 Å². The third-order valence-corrected chi connectivity index (χ3v) is 5.07. The maximum Gasteiger partial charge on any atom is 0.191 e. The highest BCUT2D eigenvalue weighted by atomic mass is 127. The number of guanidine groups is 1. The summed E-state index contributed by atoms with van der Waals surface area (Å²) in [6.45, 7) is 9.31. The third-order valence-electron chi connectivity index (χ3n) is 4.16. The fraction of sp³-hybridized carbons (Fsp3) is 0.524. The van der Waals surface area contributed by atoms with E-state index in [2.05, 4.69) is 52.5 Å². The van der Waals surface area contributed by atoms with Gasteiger partial charge in [0.1, 0.15) is 17.4 Å².